The molecule has 0 fully saturated rings. The first-order valence-electron chi connectivity index (χ1n) is 3.64. The van der Waals surface area contributed by atoms with Gasteiger partial charge in [-0.25, -0.2) is 0 Å². The minimum absolute atomic E-state index is 0.530. The Labute approximate surface area is 86.2 Å². The van der Waals surface area contributed by atoms with Crippen molar-refractivity contribution in [3.8, 4) is 0 Å². The molecule has 0 saturated carbocycles. The molecule has 13 heavy (non-hydrogen) atoms. The predicted molar refractivity (Wildman–Crippen MR) is 54.6 cm³/mol. The topological polar surface area (TPSA) is 26.3 Å². The van der Waals surface area contributed by atoms with Gasteiger partial charge in [-0.05, 0) is 18.2 Å². The lowest BCUT2D eigenvalue weighted by Crippen LogP contribution is -1.87. The van der Waals surface area contributed by atoms with Gasteiger partial charge in [0.1, 0.15) is 0 Å². The average molecular weight is 217 g/mol. The number of aldehydes is 1. The highest BCUT2D eigenvalue weighted by atomic mass is 35.5. The van der Waals surface area contributed by atoms with Gasteiger partial charge in [0.2, 0.25) is 0 Å². The fourth-order valence-corrected chi connectivity index (χ4v) is 1.73. The number of thioether (sulfide) groups is 1. The van der Waals surface area contributed by atoms with E-state index in [2.05, 4.69) is 0 Å². The summed E-state index contributed by atoms with van der Waals surface area (Å²) in [6.45, 7) is 0. The molecular weight excluding hydrogens is 208 g/mol. The summed E-state index contributed by atoms with van der Waals surface area (Å²) in [5.74, 6) is 0.530. The zero-order valence-corrected chi connectivity index (χ0v) is 8.69. The standard InChI is InChI=1S/C9H9ClO2S/c1-12-6-13-9-3-2-8(10)4-7(9)5-11/h2-5H,6H2,1H3. The van der Waals surface area contributed by atoms with Crippen LogP contribution >= 0.6 is 23.4 Å². The zero-order valence-electron chi connectivity index (χ0n) is 7.12. The van der Waals surface area contributed by atoms with Crippen molar-refractivity contribution >= 4 is 29.6 Å². The Kier molecular flexibility index (Phi) is 4.28. The van der Waals surface area contributed by atoms with Crippen molar-refractivity contribution in [3.05, 3.63) is 28.8 Å². The lowest BCUT2D eigenvalue weighted by atomic mass is 10.2. The lowest BCUT2D eigenvalue weighted by Gasteiger charge is -2.03. The van der Waals surface area contributed by atoms with Crippen molar-refractivity contribution in [3.63, 3.8) is 0 Å². The summed E-state index contributed by atoms with van der Waals surface area (Å²) in [4.78, 5) is 11.5. The number of methoxy groups -OCH3 is 1. The van der Waals surface area contributed by atoms with E-state index >= 15 is 0 Å². The molecule has 1 rings (SSSR count). The molecule has 0 spiro atoms. The normalized spacial score (nSPS) is 10.0. The van der Waals surface area contributed by atoms with Crippen LogP contribution in [0.3, 0.4) is 0 Å². The van der Waals surface area contributed by atoms with Crippen LogP contribution in [0.2, 0.25) is 5.02 Å². The van der Waals surface area contributed by atoms with Gasteiger partial charge in [0.15, 0.2) is 6.29 Å². The molecule has 0 heterocycles. The third-order valence-corrected chi connectivity index (χ3v) is 2.70. The quantitative estimate of drug-likeness (QED) is 0.440. The first-order valence-corrected chi connectivity index (χ1v) is 5.00. The molecule has 4 heteroatoms. The summed E-state index contributed by atoms with van der Waals surface area (Å²) in [7, 11) is 1.61. The van der Waals surface area contributed by atoms with Crippen LogP contribution in [0.1, 0.15) is 10.4 Å². The van der Waals surface area contributed by atoms with E-state index < -0.39 is 0 Å². The fourth-order valence-electron chi connectivity index (χ4n) is 0.865. The molecule has 0 bridgehead atoms. The maximum absolute atomic E-state index is 10.6. The van der Waals surface area contributed by atoms with Crippen molar-refractivity contribution in [1.82, 2.24) is 0 Å². The molecule has 1 aromatic carbocycles. The van der Waals surface area contributed by atoms with Crippen molar-refractivity contribution in [2.75, 3.05) is 13.0 Å². The highest BCUT2D eigenvalue weighted by Gasteiger charge is 2.02. The number of rotatable bonds is 4. The van der Waals surface area contributed by atoms with Gasteiger partial charge in [-0.3, -0.25) is 4.79 Å². The number of carbonyl (C=O) groups excluding carboxylic acids is 1. The van der Waals surface area contributed by atoms with Crippen molar-refractivity contribution in [1.29, 1.82) is 0 Å². The van der Waals surface area contributed by atoms with E-state index in [9.17, 15) is 4.79 Å². The highest BCUT2D eigenvalue weighted by Crippen LogP contribution is 2.24. The third-order valence-electron chi connectivity index (χ3n) is 1.43. The molecule has 0 atom stereocenters. The van der Waals surface area contributed by atoms with Crippen LogP contribution in [0.5, 0.6) is 0 Å². The number of hydrogen-bond acceptors (Lipinski definition) is 3. The Hall–Kier alpha value is -0.510. The molecule has 0 unspecified atom stereocenters. The monoisotopic (exact) mass is 216 g/mol. The maximum Gasteiger partial charge on any atom is 0.151 e. The van der Waals surface area contributed by atoms with Gasteiger partial charge >= 0.3 is 0 Å². The number of ether oxygens (including phenoxy) is 1. The first-order chi connectivity index (χ1) is 6.27. The molecule has 0 amide bonds. The Balaban J connectivity index is 2.86. The summed E-state index contributed by atoms with van der Waals surface area (Å²) in [6, 6.07) is 5.22. The minimum Gasteiger partial charge on any atom is -0.374 e. The second-order valence-corrected chi connectivity index (χ2v) is 3.75. The summed E-state index contributed by atoms with van der Waals surface area (Å²) in [5.41, 5.74) is 0.606. The van der Waals surface area contributed by atoms with Crippen LogP contribution in [-0.2, 0) is 4.74 Å². The van der Waals surface area contributed by atoms with Gasteiger partial charge in [0, 0.05) is 22.6 Å². The number of halogens is 1. The van der Waals surface area contributed by atoms with Crippen LogP contribution in [-0.4, -0.2) is 19.3 Å². The molecule has 0 saturated heterocycles. The van der Waals surface area contributed by atoms with Gasteiger partial charge in [0.25, 0.3) is 0 Å². The summed E-state index contributed by atoms with van der Waals surface area (Å²) >= 11 is 7.20. The average Bonchev–Trinajstić information content (AvgIpc) is 2.16. The fraction of sp³-hybridized carbons (Fsp3) is 0.222. The minimum atomic E-state index is 0.530. The number of hydrogen-bond donors (Lipinski definition) is 0. The van der Waals surface area contributed by atoms with Crippen LogP contribution in [0, 0.1) is 0 Å². The first kappa shape index (κ1) is 10.6. The Morgan fingerprint density at radius 1 is 1.62 bits per heavy atom. The van der Waals surface area contributed by atoms with Crippen LogP contribution in [0.15, 0.2) is 23.1 Å². The van der Waals surface area contributed by atoms with Crippen molar-refractivity contribution in [2.45, 2.75) is 4.90 Å². The van der Waals surface area contributed by atoms with Gasteiger partial charge in [-0.15, -0.1) is 0 Å². The molecule has 0 aliphatic heterocycles. The molecule has 2 nitrogen and oxygen atoms in total. The Morgan fingerprint density at radius 3 is 3.00 bits per heavy atom. The van der Waals surface area contributed by atoms with Gasteiger partial charge < -0.3 is 4.74 Å². The van der Waals surface area contributed by atoms with Crippen LogP contribution in [0.4, 0.5) is 0 Å². The van der Waals surface area contributed by atoms with Gasteiger partial charge in [-0.2, -0.15) is 0 Å². The van der Waals surface area contributed by atoms with E-state index in [-0.39, 0.29) is 0 Å². The van der Waals surface area contributed by atoms with Gasteiger partial charge in [-0.1, -0.05) is 23.4 Å². The van der Waals surface area contributed by atoms with E-state index in [0.29, 0.717) is 16.5 Å². The summed E-state index contributed by atoms with van der Waals surface area (Å²) in [6.07, 6.45) is 0.796. The molecule has 0 N–H and O–H groups in total. The summed E-state index contributed by atoms with van der Waals surface area (Å²) < 4.78 is 4.89. The molecule has 0 radical (unpaired) electrons. The molecular formula is C9H9ClO2S. The molecule has 1 aromatic rings. The molecule has 70 valence electrons. The lowest BCUT2D eigenvalue weighted by molar-refractivity contribution is 0.112. The smallest absolute Gasteiger partial charge is 0.151 e. The van der Waals surface area contributed by atoms with E-state index in [0.717, 1.165) is 11.2 Å². The largest absolute Gasteiger partial charge is 0.374 e. The van der Waals surface area contributed by atoms with E-state index in [4.69, 9.17) is 16.3 Å². The number of carbonyl (C=O) groups is 1. The van der Waals surface area contributed by atoms with Crippen molar-refractivity contribution in [2.24, 2.45) is 0 Å². The summed E-state index contributed by atoms with van der Waals surface area (Å²) in [5, 5.41) is 0.573. The van der Waals surface area contributed by atoms with Crippen LogP contribution in [0.25, 0.3) is 0 Å². The third kappa shape index (κ3) is 3.03. The highest BCUT2D eigenvalue weighted by molar-refractivity contribution is 7.99. The predicted octanol–water partition coefficient (Wildman–Crippen LogP) is 2.85. The number of benzene rings is 1. The van der Waals surface area contributed by atoms with Crippen molar-refractivity contribution < 1.29 is 9.53 Å². The van der Waals surface area contributed by atoms with Gasteiger partial charge in [0.05, 0.1) is 5.94 Å². The van der Waals surface area contributed by atoms with E-state index in [1.165, 1.54) is 11.8 Å². The maximum atomic E-state index is 10.6. The zero-order chi connectivity index (χ0) is 9.68. The van der Waals surface area contributed by atoms with E-state index in [1.807, 2.05) is 6.07 Å². The molecule has 0 aliphatic rings. The SMILES string of the molecule is COCSc1ccc(Cl)cc1C=O. The Morgan fingerprint density at radius 2 is 2.38 bits per heavy atom. The second-order valence-electron chi connectivity index (χ2n) is 2.35. The Bertz CT molecular complexity index is 302. The van der Waals surface area contributed by atoms with E-state index in [1.54, 1.807) is 19.2 Å². The second kappa shape index (κ2) is 5.27. The molecule has 0 aromatic heterocycles. The molecule has 0 aliphatic carbocycles. The van der Waals surface area contributed by atoms with Crippen LogP contribution < -0.4 is 0 Å².